The van der Waals surface area contributed by atoms with Crippen LogP contribution in [0.4, 0.5) is 0 Å². The highest BCUT2D eigenvalue weighted by Gasteiger charge is 2.37. The Morgan fingerprint density at radius 1 is 1.18 bits per heavy atom. The Balaban J connectivity index is 2.24. The summed E-state index contributed by atoms with van der Waals surface area (Å²) >= 11 is 0. The number of carbonyl (C=O) groups excluding carboxylic acids is 2. The second kappa shape index (κ2) is 5.56. The van der Waals surface area contributed by atoms with Crippen LogP contribution in [0.25, 0.3) is 0 Å². The minimum atomic E-state index is -0.220. The van der Waals surface area contributed by atoms with Gasteiger partial charge in [0.2, 0.25) is 0 Å². The fourth-order valence-corrected chi connectivity index (χ4v) is 3.67. The van der Waals surface area contributed by atoms with Crippen molar-refractivity contribution in [1.82, 2.24) is 5.32 Å². The van der Waals surface area contributed by atoms with E-state index < -0.39 is 0 Å². The Morgan fingerprint density at radius 3 is 2.59 bits per heavy atom. The monoisotopic (exact) mass is 295 g/mol. The SMILES string of the molecule is CC(=O)C1=C(C)NC2=C(C(=O)CCC2)C1c1ccccc1C. The van der Waals surface area contributed by atoms with Crippen LogP contribution >= 0.6 is 0 Å². The molecule has 3 nitrogen and oxygen atoms in total. The van der Waals surface area contributed by atoms with Gasteiger partial charge < -0.3 is 5.32 Å². The fraction of sp³-hybridized carbons (Fsp3) is 0.368. The normalized spacial score (nSPS) is 21.6. The number of hydrogen-bond donors (Lipinski definition) is 1. The van der Waals surface area contributed by atoms with E-state index in [0.717, 1.165) is 46.5 Å². The zero-order chi connectivity index (χ0) is 15.9. The van der Waals surface area contributed by atoms with E-state index in [1.54, 1.807) is 6.92 Å². The Bertz CT molecular complexity index is 725. The Labute approximate surface area is 131 Å². The molecule has 0 amide bonds. The first-order valence-electron chi connectivity index (χ1n) is 7.81. The van der Waals surface area contributed by atoms with E-state index in [1.165, 1.54) is 0 Å². The molecule has 0 fully saturated rings. The van der Waals surface area contributed by atoms with E-state index in [4.69, 9.17) is 0 Å². The highest BCUT2D eigenvalue weighted by atomic mass is 16.1. The fourth-order valence-electron chi connectivity index (χ4n) is 3.67. The van der Waals surface area contributed by atoms with Gasteiger partial charge in [-0.3, -0.25) is 9.59 Å². The van der Waals surface area contributed by atoms with Gasteiger partial charge >= 0.3 is 0 Å². The van der Waals surface area contributed by atoms with Crippen molar-refractivity contribution in [2.75, 3.05) is 0 Å². The molecule has 1 unspecified atom stereocenters. The third kappa shape index (κ3) is 2.31. The number of hydrogen-bond acceptors (Lipinski definition) is 3. The predicted octanol–water partition coefficient (Wildman–Crippen LogP) is 3.55. The summed E-state index contributed by atoms with van der Waals surface area (Å²) in [7, 11) is 0. The van der Waals surface area contributed by atoms with Gasteiger partial charge in [-0.2, -0.15) is 0 Å². The first kappa shape index (κ1) is 14.8. The molecule has 114 valence electrons. The number of benzene rings is 1. The van der Waals surface area contributed by atoms with Crippen LogP contribution in [0.1, 0.15) is 50.2 Å². The van der Waals surface area contributed by atoms with E-state index in [-0.39, 0.29) is 17.5 Å². The van der Waals surface area contributed by atoms with Crippen molar-refractivity contribution < 1.29 is 9.59 Å². The molecule has 3 rings (SSSR count). The third-order valence-electron chi connectivity index (χ3n) is 4.65. The summed E-state index contributed by atoms with van der Waals surface area (Å²) in [6, 6.07) is 8.04. The maximum Gasteiger partial charge on any atom is 0.161 e. The predicted molar refractivity (Wildman–Crippen MR) is 86.3 cm³/mol. The molecular weight excluding hydrogens is 274 g/mol. The molecule has 3 heteroatoms. The molecule has 1 N–H and O–H groups in total. The zero-order valence-corrected chi connectivity index (χ0v) is 13.3. The third-order valence-corrected chi connectivity index (χ3v) is 4.65. The average Bonchev–Trinajstić information content (AvgIpc) is 2.46. The number of ketones is 2. The number of carbonyl (C=O) groups is 2. The maximum atomic E-state index is 12.6. The van der Waals surface area contributed by atoms with Gasteiger partial charge in [-0.05, 0) is 44.7 Å². The van der Waals surface area contributed by atoms with E-state index in [2.05, 4.69) is 5.32 Å². The van der Waals surface area contributed by atoms with Crippen molar-refractivity contribution in [1.29, 1.82) is 0 Å². The first-order chi connectivity index (χ1) is 10.5. The Hall–Kier alpha value is -2.16. The molecule has 22 heavy (non-hydrogen) atoms. The number of rotatable bonds is 2. The summed E-state index contributed by atoms with van der Waals surface area (Å²) in [5, 5.41) is 3.32. The maximum absolute atomic E-state index is 12.6. The van der Waals surface area contributed by atoms with Crippen molar-refractivity contribution in [3.8, 4) is 0 Å². The lowest BCUT2D eigenvalue weighted by atomic mass is 9.73. The largest absolute Gasteiger partial charge is 0.362 e. The summed E-state index contributed by atoms with van der Waals surface area (Å²) in [6.45, 7) is 5.56. The van der Waals surface area contributed by atoms with Crippen LogP contribution in [-0.4, -0.2) is 11.6 Å². The van der Waals surface area contributed by atoms with E-state index in [0.29, 0.717) is 6.42 Å². The molecule has 1 aliphatic heterocycles. The molecule has 1 aromatic carbocycles. The van der Waals surface area contributed by atoms with Crippen LogP contribution in [0.15, 0.2) is 46.8 Å². The van der Waals surface area contributed by atoms with Gasteiger partial charge in [0.05, 0.1) is 0 Å². The smallest absolute Gasteiger partial charge is 0.161 e. The van der Waals surface area contributed by atoms with Gasteiger partial charge in [0.15, 0.2) is 11.6 Å². The molecule has 0 saturated heterocycles. The second-order valence-electron chi connectivity index (χ2n) is 6.18. The highest BCUT2D eigenvalue weighted by molar-refractivity contribution is 6.05. The highest BCUT2D eigenvalue weighted by Crippen LogP contribution is 2.43. The molecule has 0 spiro atoms. The lowest BCUT2D eigenvalue weighted by molar-refractivity contribution is -0.116. The zero-order valence-electron chi connectivity index (χ0n) is 13.3. The van der Waals surface area contributed by atoms with E-state index in [1.807, 2.05) is 38.1 Å². The van der Waals surface area contributed by atoms with Crippen LogP contribution in [0, 0.1) is 6.92 Å². The molecule has 2 aliphatic rings. The van der Waals surface area contributed by atoms with Gasteiger partial charge in [-0.1, -0.05) is 24.3 Å². The number of allylic oxidation sites excluding steroid dienone is 4. The van der Waals surface area contributed by atoms with Gasteiger partial charge in [-0.15, -0.1) is 0 Å². The van der Waals surface area contributed by atoms with E-state index >= 15 is 0 Å². The first-order valence-corrected chi connectivity index (χ1v) is 7.81. The van der Waals surface area contributed by atoms with Gasteiger partial charge in [0.25, 0.3) is 0 Å². The van der Waals surface area contributed by atoms with Crippen molar-refractivity contribution in [2.45, 2.75) is 46.0 Å². The van der Waals surface area contributed by atoms with Crippen molar-refractivity contribution in [2.24, 2.45) is 0 Å². The van der Waals surface area contributed by atoms with Crippen LogP contribution in [0.2, 0.25) is 0 Å². The number of Topliss-reactive ketones (excluding diaryl/α,β-unsaturated/α-hetero) is 2. The molecular formula is C19H21NO2. The minimum absolute atomic E-state index is 0.0307. The summed E-state index contributed by atoms with van der Waals surface area (Å²) in [4.78, 5) is 24.8. The van der Waals surface area contributed by atoms with Gasteiger partial charge in [0, 0.05) is 34.9 Å². The minimum Gasteiger partial charge on any atom is -0.362 e. The lowest BCUT2D eigenvalue weighted by Gasteiger charge is -2.34. The molecule has 0 aromatic heterocycles. The summed E-state index contributed by atoms with van der Waals surface area (Å²) in [6.07, 6.45) is 2.34. The number of nitrogens with one attached hydrogen (secondary N) is 1. The van der Waals surface area contributed by atoms with Gasteiger partial charge in [-0.25, -0.2) is 0 Å². The molecule has 1 heterocycles. The number of aryl methyl sites for hydroxylation is 1. The average molecular weight is 295 g/mol. The Kier molecular flexibility index (Phi) is 3.73. The molecule has 0 radical (unpaired) electrons. The van der Waals surface area contributed by atoms with Crippen molar-refractivity contribution in [3.05, 3.63) is 57.9 Å². The van der Waals surface area contributed by atoms with Crippen LogP contribution in [0.3, 0.4) is 0 Å². The summed E-state index contributed by atoms with van der Waals surface area (Å²) in [5.74, 6) is -0.0146. The van der Waals surface area contributed by atoms with Gasteiger partial charge in [0.1, 0.15) is 0 Å². The quantitative estimate of drug-likeness (QED) is 0.907. The molecule has 1 aromatic rings. The standard InChI is InChI=1S/C19H21NO2/c1-11-7-4-5-8-14(11)18-17(13(3)21)12(2)20-15-9-6-10-16(22)19(15)18/h4-5,7-8,18,20H,6,9-10H2,1-3H3. The van der Waals surface area contributed by atoms with Crippen molar-refractivity contribution in [3.63, 3.8) is 0 Å². The van der Waals surface area contributed by atoms with Crippen LogP contribution in [0.5, 0.6) is 0 Å². The van der Waals surface area contributed by atoms with E-state index in [9.17, 15) is 9.59 Å². The molecule has 0 saturated carbocycles. The second-order valence-corrected chi connectivity index (χ2v) is 6.18. The topological polar surface area (TPSA) is 46.2 Å². The molecule has 1 aliphatic carbocycles. The summed E-state index contributed by atoms with van der Waals surface area (Å²) < 4.78 is 0. The van der Waals surface area contributed by atoms with Crippen LogP contribution in [-0.2, 0) is 9.59 Å². The molecule has 0 bridgehead atoms. The van der Waals surface area contributed by atoms with Crippen LogP contribution < -0.4 is 5.32 Å². The summed E-state index contributed by atoms with van der Waals surface area (Å²) in [5.41, 5.74) is 5.60. The van der Waals surface area contributed by atoms with Crippen molar-refractivity contribution >= 4 is 11.6 Å². The Morgan fingerprint density at radius 2 is 1.91 bits per heavy atom. The lowest BCUT2D eigenvalue weighted by Crippen LogP contribution is -2.33. The molecule has 1 atom stereocenters. The number of dihydropyridines is 1.